The number of hydrogen-bond donors (Lipinski definition) is 1. The van der Waals surface area contributed by atoms with Gasteiger partial charge in [0.05, 0.1) is 23.0 Å². The van der Waals surface area contributed by atoms with Crippen molar-refractivity contribution < 1.29 is 19.1 Å². The van der Waals surface area contributed by atoms with E-state index in [2.05, 4.69) is 10.4 Å². The fraction of sp³-hybridized carbons (Fsp3) is 0.421. The number of anilines is 1. The molecule has 1 aromatic heterocycles. The van der Waals surface area contributed by atoms with Crippen molar-refractivity contribution in [2.45, 2.75) is 33.3 Å². The van der Waals surface area contributed by atoms with E-state index in [1.54, 1.807) is 43.8 Å². The lowest BCUT2D eigenvalue weighted by Crippen LogP contribution is -2.36. The van der Waals surface area contributed by atoms with E-state index in [1.165, 1.54) is 0 Å². The van der Waals surface area contributed by atoms with Crippen molar-refractivity contribution in [3.8, 4) is 5.75 Å². The summed E-state index contributed by atoms with van der Waals surface area (Å²) < 4.78 is 12.7. The Morgan fingerprint density at radius 2 is 2.15 bits per heavy atom. The van der Waals surface area contributed by atoms with Crippen LogP contribution in [0.15, 0.2) is 18.2 Å². The molecule has 144 valence electrons. The molecule has 2 aromatic rings. The largest absolute Gasteiger partial charge is 0.492 e. The van der Waals surface area contributed by atoms with E-state index >= 15 is 0 Å². The monoisotopic (exact) mass is 391 g/mol. The Morgan fingerprint density at radius 1 is 1.41 bits per heavy atom. The summed E-state index contributed by atoms with van der Waals surface area (Å²) in [5, 5.41) is 7.62. The minimum atomic E-state index is -0.933. The van der Waals surface area contributed by atoms with E-state index in [-0.39, 0.29) is 6.61 Å². The molecule has 1 aromatic carbocycles. The van der Waals surface area contributed by atoms with Crippen molar-refractivity contribution >= 4 is 29.2 Å². The number of halogens is 1. The van der Waals surface area contributed by atoms with Crippen LogP contribution in [0.2, 0.25) is 5.02 Å². The number of rotatable bonds is 4. The lowest BCUT2D eigenvalue weighted by molar-refractivity contribution is -0.158. The Labute approximate surface area is 162 Å². The zero-order valence-corrected chi connectivity index (χ0v) is 16.5. The topological polar surface area (TPSA) is 82.5 Å². The predicted octanol–water partition coefficient (Wildman–Crippen LogP) is 2.81. The highest BCUT2D eigenvalue weighted by Crippen LogP contribution is 2.30. The number of fused-ring (bicyclic) bond motifs is 1. The van der Waals surface area contributed by atoms with Crippen LogP contribution in [0.5, 0.6) is 5.75 Å². The highest BCUT2D eigenvalue weighted by atomic mass is 35.5. The van der Waals surface area contributed by atoms with Gasteiger partial charge >= 0.3 is 5.97 Å². The van der Waals surface area contributed by atoms with Crippen molar-refractivity contribution in [3.63, 3.8) is 0 Å². The number of carbonyl (C=O) groups excluding carboxylic acids is 2. The van der Waals surface area contributed by atoms with Gasteiger partial charge < -0.3 is 14.8 Å². The Kier molecular flexibility index (Phi) is 5.41. The number of ether oxygens (including phenoxy) is 2. The first-order valence-corrected chi connectivity index (χ1v) is 9.07. The highest BCUT2D eigenvalue weighted by molar-refractivity contribution is 6.30. The summed E-state index contributed by atoms with van der Waals surface area (Å²) in [6, 6.07) is 5.31. The quantitative estimate of drug-likeness (QED) is 0.810. The van der Waals surface area contributed by atoms with Gasteiger partial charge in [-0.1, -0.05) is 11.6 Å². The molecule has 0 radical (unpaired) electrons. The molecule has 8 heteroatoms. The van der Waals surface area contributed by atoms with Gasteiger partial charge in [0.2, 0.25) is 0 Å². The van der Waals surface area contributed by atoms with Crippen LogP contribution in [0, 0.1) is 19.8 Å². The lowest BCUT2D eigenvalue weighted by Gasteiger charge is -2.25. The third kappa shape index (κ3) is 4.08. The molecular formula is C19H22ClN3O4. The van der Waals surface area contributed by atoms with E-state index in [1.807, 2.05) is 6.92 Å². The van der Waals surface area contributed by atoms with Crippen LogP contribution < -0.4 is 10.1 Å². The van der Waals surface area contributed by atoms with Gasteiger partial charge in [0, 0.05) is 12.1 Å². The van der Waals surface area contributed by atoms with Gasteiger partial charge in [0.15, 0.2) is 6.10 Å². The van der Waals surface area contributed by atoms with Crippen LogP contribution in [-0.2, 0) is 27.8 Å². The summed E-state index contributed by atoms with van der Waals surface area (Å²) in [5.74, 6) is -0.629. The second-order valence-corrected chi connectivity index (χ2v) is 7.14. The molecule has 7 nitrogen and oxygen atoms in total. The molecule has 2 heterocycles. The second-order valence-electron chi connectivity index (χ2n) is 6.70. The molecule has 1 aliphatic heterocycles. The summed E-state index contributed by atoms with van der Waals surface area (Å²) in [4.78, 5) is 24.9. The Bertz CT molecular complexity index is 893. The minimum Gasteiger partial charge on any atom is -0.492 e. The normalized spacial score (nSPS) is 16.9. The van der Waals surface area contributed by atoms with Crippen LogP contribution in [-0.4, -0.2) is 34.4 Å². The Morgan fingerprint density at radius 3 is 2.81 bits per heavy atom. The third-order valence-electron chi connectivity index (χ3n) is 4.68. The first-order valence-electron chi connectivity index (χ1n) is 8.69. The highest BCUT2D eigenvalue weighted by Gasteiger charge is 2.30. The van der Waals surface area contributed by atoms with Gasteiger partial charge in [-0.3, -0.25) is 14.3 Å². The average molecular weight is 392 g/mol. The molecule has 0 saturated heterocycles. The van der Waals surface area contributed by atoms with E-state index in [9.17, 15) is 9.59 Å². The molecule has 0 aliphatic carbocycles. The molecule has 1 N–H and O–H groups in total. The van der Waals surface area contributed by atoms with E-state index < -0.39 is 23.9 Å². The van der Waals surface area contributed by atoms with Crippen molar-refractivity contribution in [1.82, 2.24) is 9.78 Å². The minimum absolute atomic E-state index is 0.211. The molecular weight excluding hydrogens is 370 g/mol. The zero-order valence-electron chi connectivity index (χ0n) is 15.7. The van der Waals surface area contributed by atoms with Gasteiger partial charge in [0.25, 0.3) is 5.91 Å². The van der Waals surface area contributed by atoms with Crippen LogP contribution in [0.1, 0.15) is 23.9 Å². The molecule has 0 bridgehead atoms. The Balaban J connectivity index is 1.61. The van der Waals surface area contributed by atoms with Crippen LogP contribution in [0.3, 0.4) is 0 Å². The number of aromatic nitrogens is 2. The van der Waals surface area contributed by atoms with E-state index in [0.717, 1.165) is 17.0 Å². The molecule has 2 atom stereocenters. The van der Waals surface area contributed by atoms with Crippen LogP contribution in [0.25, 0.3) is 0 Å². The number of nitrogens with one attached hydrogen (secondary N) is 1. The number of carbonyl (C=O) groups is 2. The number of esters is 1. The molecule has 1 aliphatic rings. The zero-order chi connectivity index (χ0) is 19.7. The maximum atomic E-state index is 12.5. The molecule has 0 spiro atoms. The summed E-state index contributed by atoms with van der Waals surface area (Å²) in [5.41, 5.74) is 3.02. The van der Waals surface area contributed by atoms with Crippen LogP contribution >= 0.6 is 11.6 Å². The summed E-state index contributed by atoms with van der Waals surface area (Å²) in [6.45, 7) is 5.42. The molecule has 3 rings (SSSR count). The van der Waals surface area contributed by atoms with E-state index in [4.69, 9.17) is 21.1 Å². The summed E-state index contributed by atoms with van der Waals surface area (Å²) in [7, 11) is 1.80. The van der Waals surface area contributed by atoms with E-state index in [0.29, 0.717) is 22.8 Å². The third-order valence-corrected chi connectivity index (χ3v) is 4.92. The molecule has 27 heavy (non-hydrogen) atoms. The maximum absolute atomic E-state index is 12.5. The maximum Gasteiger partial charge on any atom is 0.313 e. The smallest absolute Gasteiger partial charge is 0.313 e. The fourth-order valence-electron chi connectivity index (χ4n) is 3.02. The summed E-state index contributed by atoms with van der Waals surface area (Å²) >= 11 is 6.00. The molecule has 0 fully saturated rings. The second kappa shape index (κ2) is 7.60. The van der Waals surface area contributed by atoms with Gasteiger partial charge in [0.1, 0.15) is 12.4 Å². The number of aryl methyl sites for hydroxylation is 2. The SMILES string of the molecule is Cc1nn(C)c(C)c1NC(=O)C(C)OC(=O)C1COc2ccc(Cl)cc2C1. The summed E-state index contributed by atoms with van der Waals surface area (Å²) in [6.07, 6.45) is -0.471. The number of hydrogen-bond acceptors (Lipinski definition) is 5. The fourth-order valence-corrected chi connectivity index (χ4v) is 3.21. The predicted molar refractivity (Wildman–Crippen MR) is 101 cm³/mol. The first kappa shape index (κ1) is 19.2. The number of amides is 1. The van der Waals surface area contributed by atoms with Gasteiger partial charge in [-0.2, -0.15) is 5.10 Å². The van der Waals surface area contributed by atoms with Crippen molar-refractivity contribution in [3.05, 3.63) is 40.2 Å². The van der Waals surface area contributed by atoms with Gasteiger partial charge in [-0.25, -0.2) is 0 Å². The van der Waals surface area contributed by atoms with Crippen molar-refractivity contribution in [2.75, 3.05) is 11.9 Å². The van der Waals surface area contributed by atoms with Crippen LogP contribution in [0.4, 0.5) is 5.69 Å². The van der Waals surface area contributed by atoms with Crippen molar-refractivity contribution in [2.24, 2.45) is 13.0 Å². The molecule has 1 amide bonds. The number of nitrogens with zero attached hydrogens (tertiary/aromatic N) is 2. The van der Waals surface area contributed by atoms with Crippen molar-refractivity contribution in [1.29, 1.82) is 0 Å². The Hall–Kier alpha value is -2.54. The van der Waals surface area contributed by atoms with Gasteiger partial charge in [-0.05, 0) is 51.0 Å². The molecule has 0 saturated carbocycles. The average Bonchev–Trinajstić information content (AvgIpc) is 2.86. The number of benzene rings is 1. The first-order chi connectivity index (χ1) is 12.8. The lowest BCUT2D eigenvalue weighted by atomic mass is 9.97. The standard InChI is InChI=1S/C19H22ClN3O4/c1-10-17(11(2)23(4)22-10)21-18(24)12(3)27-19(25)14-7-13-8-15(20)5-6-16(13)26-9-14/h5-6,8,12,14H,7,9H2,1-4H3,(H,21,24). The van der Waals surface area contributed by atoms with Gasteiger partial charge in [-0.15, -0.1) is 0 Å². The molecule has 2 unspecified atom stereocenters.